The van der Waals surface area contributed by atoms with E-state index in [0.717, 1.165) is 5.56 Å². The molecular weight excluding hydrogens is 368 g/mol. The van der Waals surface area contributed by atoms with Crippen LogP contribution in [0.2, 0.25) is 0 Å². The van der Waals surface area contributed by atoms with Crippen molar-refractivity contribution in [3.8, 4) is 11.5 Å². The van der Waals surface area contributed by atoms with Gasteiger partial charge in [-0.1, -0.05) is 36.4 Å². The average molecular weight is 390 g/mol. The predicted octanol–water partition coefficient (Wildman–Crippen LogP) is 4.14. The molecule has 0 atom stereocenters. The molecule has 0 aliphatic carbocycles. The van der Waals surface area contributed by atoms with Gasteiger partial charge >= 0.3 is 0 Å². The van der Waals surface area contributed by atoms with Crippen molar-refractivity contribution in [2.75, 3.05) is 24.9 Å². The molecule has 0 aliphatic rings. The summed E-state index contributed by atoms with van der Waals surface area (Å²) in [7, 11) is 3.00. The molecule has 29 heavy (non-hydrogen) atoms. The van der Waals surface area contributed by atoms with Crippen LogP contribution < -0.4 is 20.1 Å². The molecular formula is C23H22N2O4. The summed E-state index contributed by atoms with van der Waals surface area (Å²) in [6.45, 7) is 0. The molecule has 0 bridgehead atoms. The van der Waals surface area contributed by atoms with Crippen LogP contribution in [0.5, 0.6) is 11.5 Å². The Morgan fingerprint density at radius 3 is 1.83 bits per heavy atom. The number of anilines is 2. The van der Waals surface area contributed by atoms with Crippen LogP contribution in [0.3, 0.4) is 0 Å². The molecule has 3 aromatic rings. The summed E-state index contributed by atoms with van der Waals surface area (Å²) < 4.78 is 10.5. The van der Waals surface area contributed by atoms with E-state index in [9.17, 15) is 9.59 Å². The first-order chi connectivity index (χ1) is 14.1. The van der Waals surface area contributed by atoms with Gasteiger partial charge in [-0.25, -0.2) is 0 Å². The number of hydrogen-bond acceptors (Lipinski definition) is 4. The monoisotopic (exact) mass is 390 g/mol. The van der Waals surface area contributed by atoms with Gasteiger partial charge in [-0.15, -0.1) is 0 Å². The van der Waals surface area contributed by atoms with Crippen LogP contribution in [-0.4, -0.2) is 26.0 Å². The Kier molecular flexibility index (Phi) is 6.47. The van der Waals surface area contributed by atoms with E-state index in [1.165, 1.54) is 14.2 Å². The number of benzene rings is 3. The molecule has 0 saturated heterocycles. The smallest absolute Gasteiger partial charge is 0.263 e. The van der Waals surface area contributed by atoms with Gasteiger partial charge in [-0.3, -0.25) is 9.59 Å². The average Bonchev–Trinajstić information content (AvgIpc) is 2.75. The molecule has 0 unspecified atom stereocenters. The van der Waals surface area contributed by atoms with Gasteiger partial charge in [-0.2, -0.15) is 0 Å². The summed E-state index contributed by atoms with van der Waals surface area (Å²) in [5, 5.41) is 5.66. The summed E-state index contributed by atoms with van der Waals surface area (Å²) in [6.07, 6.45) is 0.299. The Labute approximate surface area is 169 Å². The fraction of sp³-hybridized carbons (Fsp3) is 0.130. The summed E-state index contributed by atoms with van der Waals surface area (Å²) >= 11 is 0. The van der Waals surface area contributed by atoms with Crippen LogP contribution in [0.1, 0.15) is 15.9 Å². The number of carbonyl (C=O) groups is 2. The number of rotatable bonds is 7. The summed E-state index contributed by atoms with van der Waals surface area (Å²) in [5.41, 5.74) is 2.50. The molecule has 3 rings (SSSR count). The molecule has 0 radical (unpaired) electrons. The van der Waals surface area contributed by atoms with Crippen LogP contribution in [0.4, 0.5) is 11.4 Å². The SMILES string of the molecule is COc1cccc(OC)c1C(=O)Nc1ccc(NC(=O)Cc2ccccc2)cc1. The van der Waals surface area contributed by atoms with Crippen molar-refractivity contribution in [1.29, 1.82) is 0 Å². The van der Waals surface area contributed by atoms with Crippen molar-refractivity contribution >= 4 is 23.2 Å². The second-order valence-corrected chi connectivity index (χ2v) is 6.28. The van der Waals surface area contributed by atoms with E-state index in [-0.39, 0.29) is 11.8 Å². The number of ether oxygens (including phenoxy) is 2. The van der Waals surface area contributed by atoms with E-state index in [2.05, 4.69) is 10.6 Å². The molecule has 3 aromatic carbocycles. The molecule has 0 spiro atoms. The van der Waals surface area contributed by atoms with Gasteiger partial charge in [0.25, 0.3) is 5.91 Å². The van der Waals surface area contributed by atoms with Gasteiger partial charge in [0.2, 0.25) is 5.91 Å². The zero-order valence-electron chi connectivity index (χ0n) is 16.3. The first kappa shape index (κ1) is 19.9. The van der Waals surface area contributed by atoms with Crippen molar-refractivity contribution in [2.24, 2.45) is 0 Å². The third kappa shape index (κ3) is 5.13. The van der Waals surface area contributed by atoms with E-state index >= 15 is 0 Å². The maximum absolute atomic E-state index is 12.7. The van der Waals surface area contributed by atoms with E-state index in [0.29, 0.717) is 34.9 Å². The Hall–Kier alpha value is -3.80. The van der Waals surface area contributed by atoms with Crippen LogP contribution in [-0.2, 0) is 11.2 Å². The molecule has 0 saturated carbocycles. The minimum atomic E-state index is -0.347. The Balaban J connectivity index is 1.65. The van der Waals surface area contributed by atoms with Crippen molar-refractivity contribution in [1.82, 2.24) is 0 Å². The van der Waals surface area contributed by atoms with Crippen LogP contribution >= 0.6 is 0 Å². The highest BCUT2D eigenvalue weighted by Crippen LogP contribution is 2.29. The number of hydrogen-bond donors (Lipinski definition) is 2. The molecule has 6 heteroatoms. The third-order valence-electron chi connectivity index (χ3n) is 4.29. The van der Waals surface area contributed by atoms with Gasteiger partial charge in [0.15, 0.2) is 0 Å². The van der Waals surface area contributed by atoms with Crippen molar-refractivity contribution < 1.29 is 19.1 Å². The van der Waals surface area contributed by atoms with Crippen molar-refractivity contribution in [3.63, 3.8) is 0 Å². The lowest BCUT2D eigenvalue weighted by Crippen LogP contribution is -2.15. The predicted molar refractivity (Wildman–Crippen MR) is 113 cm³/mol. The van der Waals surface area contributed by atoms with Gasteiger partial charge in [-0.05, 0) is 42.0 Å². The highest BCUT2D eigenvalue weighted by molar-refractivity contribution is 6.08. The molecule has 0 aromatic heterocycles. The number of amides is 2. The largest absolute Gasteiger partial charge is 0.496 e. The minimum Gasteiger partial charge on any atom is -0.496 e. The highest BCUT2D eigenvalue weighted by Gasteiger charge is 2.18. The lowest BCUT2D eigenvalue weighted by Gasteiger charge is -2.13. The normalized spacial score (nSPS) is 10.1. The van der Waals surface area contributed by atoms with Gasteiger partial charge in [0.05, 0.1) is 20.6 Å². The second kappa shape index (κ2) is 9.41. The van der Waals surface area contributed by atoms with Crippen molar-refractivity contribution in [3.05, 3.63) is 83.9 Å². The topological polar surface area (TPSA) is 76.7 Å². The number of methoxy groups -OCH3 is 2. The Morgan fingerprint density at radius 2 is 1.28 bits per heavy atom. The molecule has 0 heterocycles. The first-order valence-corrected chi connectivity index (χ1v) is 9.07. The van der Waals surface area contributed by atoms with Gasteiger partial charge in [0, 0.05) is 11.4 Å². The number of carbonyl (C=O) groups excluding carboxylic acids is 2. The maximum Gasteiger partial charge on any atom is 0.263 e. The Bertz CT molecular complexity index is 963. The molecule has 0 fully saturated rings. The van der Waals surface area contributed by atoms with E-state index in [1.54, 1.807) is 42.5 Å². The molecule has 6 nitrogen and oxygen atoms in total. The van der Waals surface area contributed by atoms with Gasteiger partial charge < -0.3 is 20.1 Å². The van der Waals surface area contributed by atoms with Crippen LogP contribution in [0, 0.1) is 0 Å². The minimum absolute atomic E-state index is 0.105. The zero-order chi connectivity index (χ0) is 20.6. The van der Waals surface area contributed by atoms with Crippen LogP contribution in [0.15, 0.2) is 72.8 Å². The third-order valence-corrected chi connectivity index (χ3v) is 4.29. The Morgan fingerprint density at radius 1 is 0.724 bits per heavy atom. The molecule has 2 N–H and O–H groups in total. The lowest BCUT2D eigenvalue weighted by molar-refractivity contribution is -0.115. The fourth-order valence-electron chi connectivity index (χ4n) is 2.89. The molecule has 2 amide bonds. The maximum atomic E-state index is 12.7. The van der Waals surface area contributed by atoms with E-state index < -0.39 is 0 Å². The van der Waals surface area contributed by atoms with E-state index in [1.807, 2.05) is 30.3 Å². The summed E-state index contributed by atoms with van der Waals surface area (Å²) in [6, 6.07) is 21.6. The van der Waals surface area contributed by atoms with Crippen LogP contribution in [0.25, 0.3) is 0 Å². The lowest BCUT2D eigenvalue weighted by atomic mass is 10.1. The van der Waals surface area contributed by atoms with Crippen molar-refractivity contribution in [2.45, 2.75) is 6.42 Å². The molecule has 148 valence electrons. The first-order valence-electron chi connectivity index (χ1n) is 9.07. The van der Waals surface area contributed by atoms with E-state index in [4.69, 9.17) is 9.47 Å². The summed E-state index contributed by atoms with van der Waals surface area (Å²) in [5.74, 6) is 0.394. The molecule has 0 aliphatic heterocycles. The fourth-order valence-corrected chi connectivity index (χ4v) is 2.89. The highest BCUT2D eigenvalue weighted by atomic mass is 16.5. The number of nitrogens with one attached hydrogen (secondary N) is 2. The quantitative estimate of drug-likeness (QED) is 0.636. The zero-order valence-corrected chi connectivity index (χ0v) is 16.3. The second-order valence-electron chi connectivity index (χ2n) is 6.28. The summed E-state index contributed by atoms with van der Waals surface area (Å²) in [4.78, 5) is 24.9. The van der Waals surface area contributed by atoms with Gasteiger partial charge in [0.1, 0.15) is 17.1 Å². The standard InChI is InChI=1S/C23H22N2O4/c1-28-19-9-6-10-20(29-2)22(19)23(27)25-18-13-11-17(12-14-18)24-21(26)15-16-7-4-3-5-8-16/h3-14H,15H2,1-2H3,(H,24,26)(H,25,27).